The number of aliphatic imine (C=N–C) groups is 1. The summed E-state index contributed by atoms with van der Waals surface area (Å²) in [6.07, 6.45) is 2.30. The predicted molar refractivity (Wildman–Crippen MR) is 111 cm³/mol. The second-order valence-corrected chi connectivity index (χ2v) is 7.39. The van der Waals surface area contributed by atoms with Crippen molar-refractivity contribution in [2.24, 2.45) is 4.99 Å². The highest BCUT2D eigenvalue weighted by molar-refractivity contribution is 6.30. The molecular weight excluding hydrogens is 360 g/mol. The molecule has 3 N–H and O–H groups in total. The van der Waals surface area contributed by atoms with E-state index in [1.165, 1.54) is 12.5 Å². The summed E-state index contributed by atoms with van der Waals surface area (Å²) in [4.78, 5) is 15.5. The molecule has 27 heavy (non-hydrogen) atoms. The van der Waals surface area contributed by atoms with Gasteiger partial charge in [0.2, 0.25) is 5.91 Å². The van der Waals surface area contributed by atoms with Crippen molar-refractivity contribution in [3.8, 4) is 0 Å². The molecule has 0 aromatic heterocycles. The Morgan fingerprint density at radius 1 is 1.15 bits per heavy atom. The minimum absolute atomic E-state index is 0.0756. The van der Waals surface area contributed by atoms with Crippen LogP contribution in [0.5, 0.6) is 0 Å². The first-order valence-electron chi connectivity index (χ1n) is 9.08. The Hall–Kier alpha value is -2.53. The lowest BCUT2D eigenvalue weighted by Gasteiger charge is -2.19. The Labute approximate surface area is 165 Å². The molecule has 6 heteroatoms. The van der Waals surface area contributed by atoms with Crippen molar-refractivity contribution in [1.29, 1.82) is 0 Å². The van der Waals surface area contributed by atoms with Gasteiger partial charge in [0.25, 0.3) is 0 Å². The van der Waals surface area contributed by atoms with Gasteiger partial charge in [-0.15, -0.1) is 0 Å². The van der Waals surface area contributed by atoms with Crippen LogP contribution in [0.3, 0.4) is 0 Å². The lowest BCUT2D eigenvalue weighted by molar-refractivity contribution is -0.114. The molecule has 0 aliphatic heterocycles. The molecule has 2 aromatic rings. The molecule has 1 amide bonds. The average molecular weight is 385 g/mol. The standard InChI is InChI=1S/C21H25ClN4O/c1-15(27)26-19-8-3-5-16(11-19)13-24-20(23-2)25-14-21(9-10-21)17-6-4-7-18(22)12-17/h3-8,11-12H,9-10,13-14H2,1-2H3,(H,26,27)(H2,23,24,25). The molecule has 1 aliphatic carbocycles. The highest BCUT2D eigenvalue weighted by atomic mass is 35.5. The molecule has 1 saturated carbocycles. The fraction of sp³-hybridized carbons (Fsp3) is 0.333. The van der Waals surface area contributed by atoms with Crippen molar-refractivity contribution in [3.05, 3.63) is 64.7 Å². The lowest BCUT2D eigenvalue weighted by atomic mass is 9.96. The SMILES string of the molecule is CN=C(NCc1cccc(NC(C)=O)c1)NCC1(c2cccc(Cl)c2)CC1. The quantitative estimate of drug-likeness (QED) is 0.525. The number of amides is 1. The van der Waals surface area contributed by atoms with Crippen LogP contribution in [0, 0.1) is 0 Å². The maximum Gasteiger partial charge on any atom is 0.221 e. The summed E-state index contributed by atoms with van der Waals surface area (Å²) in [5.41, 5.74) is 3.29. The number of benzene rings is 2. The van der Waals surface area contributed by atoms with Crippen LogP contribution >= 0.6 is 11.6 Å². The third kappa shape index (κ3) is 5.23. The number of hydrogen-bond donors (Lipinski definition) is 3. The third-order valence-electron chi connectivity index (χ3n) is 4.82. The molecular formula is C21H25ClN4O. The number of halogens is 1. The van der Waals surface area contributed by atoms with Crippen LogP contribution < -0.4 is 16.0 Å². The smallest absolute Gasteiger partial charge is 0.221 e. The number of guanidine groups is 1. The van der Waals surface area contributed by atoms with Gasteiger partial charge in [0, 0.05) is 43.2 Å². The van der Waals surface area contributed by atoms with Crippen LogP contribution in [0.25, 0.3) is 0 Å². The van der Waals surface area contributed by atoms with Gasteiger partial charge in [-0.1, -0.05) is 35.9 Å². The van der Waals surface area contributed by atoms with E-state index in [4.69, 9.17) is 11.6 Å². The monoisotopic (exact) mass is 384 g/mol. The van der Waals surface area contributed by atoms with E-state index in [1.54, 1.807) is 7.05 Å². The number of nitrogens with one attached hydrogen (secondary N) is 3. The summed E-state index contributed by atoms with van der Waals surface area (Å²) in [5, 5.41) is 10.3. The number of anilines is 1. The van der Waals surface area contributed by atoms with Crippen LogP contribution in [0.4, 0.5) is 5.69 Å². The maximum atomic E-state index is 11.2. The van der Waals surface area contributed by atoms with E-state index >= 15 is 0 Å². The molecule has 1 fully saturated rings. The molecule has 0 saturated heterocycles. The van der Waals surface area contributed by atoms with Crippen LogP contribution in [-0.2, 0) is 16.8 Å². The van der Waals surface area contributed by atoms with E-state index in [9.17, 15) is 4.79 Å². The summed E-state index contributed by atoms with van der Waals surface area (Å²) < 4.78 is 0. The van der Waals surface area contributed by atoms with Crippen LogP contribution in [-0.4, -0.2) is 25.5 Å². The van der Waals surface area contributed by atoms with Crippen molar-refractivity contribution in [2.75, 3.05) is 18.9 Å². The van der Waals surface area contributed by atoms with Crippen molar-refractivity contribution in [2.45, 2.75) is 31.7 Å². The van der Waals surface area contributed by atoms with Gasteiger partial charge in [0.1, 0.15) is 0 Å². The summed E-state index contributed by atoms with van der Waals surface area (Å²) in [6, 6.07) is 15.9. The summed E-state index contributed by atoms with van der Waals surface area (Å²) in [7, 11) is 1.77. The minimum atomic E-state index is -0.0756. The number of rotatable bonds is 6. The number of carbonyl (C=O) groups excluding carboxylic acids is 1. The Morgan fingerprint density at radius 3 is 2.59 bits per heavy atom. The minimum Gasteiger partial charge on any atom is -0.356 e. The Bertz CT molecular complexity index is 846. The number of nitrogens with zero attached hydrogens (tertiary/aromatic N) is 1. The van der Waals surface area contributed by atoms with Crippen molar-refractivity contribution in [3.63, 3.8) is 0 Å². The van der Waals surface area contributed by atoms with Gasteiger partial charge >= 0.3 is 0 Å². The molecule has 0 unspecified atom stereocenters. The van der Waals surface area contributed by atoms with E-state index < -0.39 is 0 Å². The summed E-state index contributed by atoms with van der Waals surface area (Å²) in [5.74, 6) is 0.682. The van der Waals surface area contributed by atoms with E-state index in [0.717, 1.165) is 41.6 Å². The van der Waals surface area contributed by atoms with Gasteiger partial charge in [-0.05, 0) is 48.2 Å². The highest BCUT2D eigenvalue weighted by Gasteiger charge is 2.44. The molecule has 0 heterocycles. The van der Waals surface area contributed by atoms with Crippen LogP contribution in [0.1, 0.15) is 30.9 Å². The second-order valence-electron chi connectivity index (χ2n) is 6.95. The third-order valence-corrected chi connectivity index (χ3v) is 5.05. The summed E-state index contributed by atoms with van der Waals surface area (Å²) in [6.45, 7) is 2.94. The fourth-order valence-electron chi connectivity index (χ4n) is 3.16. The first-order valence-corrected chi connectivity index (χ1v) is 9.46. The molecule has 2 aromatic carbocycles. The molecule has 5 nitrogen and oxygen atoms in total. The molecule has 0 bridgehead atoms. The van der Waals surface area contributed by atoms with Crippen molar-refractivity contribution >= 4 is 29.2 Å². The zero-order chi connectivity index (χ0) is 19.3. The second kappa shape index (κ2) is 8.44. The number of hydrogen-bond acceptors (Lipinski definition) is 2. The highest BCUT2D eigenvalue weighted by Crippen LogP contribution is 2.48. The molecule has 3 rings (SSSR count). The average Bonchev–Trinajstić information content (AvgIpc) is 3.43. The largest absolute Gasteiger partial charge is 0.356 e. The van der Waals surface area contributed by atoms with E-state index in [2.05, 4.69) is 33.1 Å². The van der Waals surface area contributed by atoms with Crippen LogP contribution in [0.15, 0.2) is 53.5 Å². The molecule has 0 atom stereocenters. The van der Waals surface area contributed by atoms with E-state index in [1.807, 2.05) is 36.4 Å². The van der Waals surface area contributed by atoms with Gasteiger partial charge in [0.15, 0.2) is 5.96 Å². The maximum absolute atomic E-state index is 11.2. The molecule has 0 spiro atoms. The Morgan fingerprint density at radius 2 is 1.93 bits per heavy atom. The Balaban J connectivity index is 1.55. The zero-order valence-corrected chi connectivity index (χ0v) is 16.4. The van der Waals surface area contributed by atoms with Gasteiger partial charge in [-0.3, -0.25) is 9.79 Å². The van der Waals surface area contributed by atoms with Gasteiger partial charge in [-0.25, -0.2) is 0 Å². The first-order chi connectivity index (χ1) is 13.0. The van der Waals surface area contributed by atoms with Crippen molar-refractivity contribution in [1.82, 2.24) is 10.6 Å². The normalized spacial score (nSPS) is 15.1. The molecule has 142 valence electrons. The fourth-order valence-corrected chi connectivity index (χ4v) is 3.35. The van der Waals surface area contributed by atoms with E-state index in [-0.39, 0.29) is 11.3 Å². The summed E-state index contributed by atoms with van der Waals surface area (Å²) >= 11 is 6.15. The number of carbonyl (C=O) groups is 1. The van der Waals surface area contributed by atoms with Crippen molar-refractivity contribution < 1.29 is 4.79 Å². The first kappa shape index (κ1) is 19.2. The van der Waals surface area contributed by atoms with E-state index in [0.29, 0.717) is 6.54 Å². The predicted octanol–water partition coefficient (Wildman–Crippen LogP) is 3.70. The van der Waals surface area contributed by atoms with Gasteiger partial charge in [0.05, 0.1) is 0 Å². The zero-order valence-electron chi connectivity index (χ0n) is 15.7. The Kier molecular flexibility index (Phi) is 6.01. The molecule has 1 aliphatic rings. The van der Waals surface area contributed by atoms with Crippen LogP contribution in [0.2, 0.25) is 5.02 Å². The van der Waals surface area contributed by atoms with Gasteiger partial charge in [-0.2, -0.15) is 0 Å². The topological polar surface area (TPSA) is 65.5 Å². The lowest BCUT2D eigenvalue weighted by Crippen LogP contribution is -2.40. The van der Waals surface area contributed by atoms with Gasteiger partial charge < -0.3 is 16.0 Å². The molecule has 0 radical (unpaired) electrons.